The van der Waals surface area contributed by atoms with Gasteiger partial charge in [0.25, 0.3) is 0 Å². The fraction of sp³-hybridized carbons (Fsp3) is 0.682. The second-order valence-corrected chi connectivity index (χ2v) is 8.48. The Balaban J connectivity index is 1.34. The Morgan fingerprint density at radius 3 is 2.54 bits per heavy atom. The topological polar surface area (TPSA) is 41.6 Å². The van der Waals surface area contributed by atoms with Gasteiger partial charge in [-0.1, -0.05) is 31.4 Å². The van der Waals surface area contributed by atoms with Gasteiger partial charge >= 0.3 is 6.03 Å². The van der Waals surface area contributed by atoms with Crippen LogP contribution in [0.2, 0.25) is 0 Å². The smallest absolute Gasteiger partial charge is 0.322 e. The number of amides is 2. The highest BCUT2D eigenvalue weighted by molar-refractivity contribution is 5.89. The van der Waals surface area contributed by atoms with Gasteiger partial charge in [0.1, 0.15) is 0 Å². The van der Waals surface area contributed by atoms with Crippen LogP contribution < -0.4 is 5.32 Å². The summed E-state index contributed by atoms with van der Waals surface area (Å²) in [5.74, 6) is 1.51. The molecule has 0 bridgehead atoms. The lowest BCUT2D eigenvalue weighted by molar-refractivity contribution is 0.111. The minimum Gasteiger partial charge on any atom is -0.376 e. The van der Waals surface area contributed by atoms with E-state index in [9.17, 15) is 4.79 Å². The van der Waals surface area contributed by atoms with Crippen LogP contribution in [0.3, 0.4) is 0 Å². The van der Waals surface area contributed by atoms with Gasteiger partial charge in [-0.05, 0) is 68.1 Å². The monoisotopic (exact) mass is 356 g/mol. The molecule has 0 radical (unpaired) electrons. The maximum Gasteiger partial charge on any atom is 0.322 e. The Kier molecular flexibility index (Phi) is 5.78. The molecule has 0 atom stereocenters. The number of rotatable bonds is 8. The molecular formula is C22H32N2O2. The molecule has 0 spiro atoms. The second-order valence-electron chi connectivity index (χ2n) is 8.48. The van der Waals surface area contributed by atoms with Gasteiger partial charge in [0.15, 0.2) is 0 Å². The zero-order valence-electron chi connectivity index (χ0n) is 15.8. The molecule has 1 N–H and O–H groups in total. The van der Waals surface area contributed by atoms with Gasteiger partial charge in [-0.15, -0.1) is 0 Å². The van der Waals surface area contributed by atoms with Crippen LogP contribution in [0.25, 0.3) is 0 Å². The number of nitrogens with zero attached hydrogens (tertiary/aromatic N) is 1. The molecule has 0 aliphatic heterocycles. The SMILES string of the molecule is O=C(Nc1cccc(COCC2CC2)c1)N(CC1CC1)C1CCCCC1. The van der Waals surface area contributed by atoms with Crippen molar-refractivity contribution in [3.63, 3.8) is 0 Å². The van der Waals surface area contributed by atoms with E-state index >= 15 is 0 Å². The maximum atomic E-state index is 13.0. The van der Waals surface area contributed by atoms with Gasteiger partial charge in [0.2, 0.25) is 0 Å². The van der Waals surface area contributed by atoms with Crippen molar-refractivity contribution in [3.05, 3.63) is 29.8 Å². The van der Waals surface area contributed by atoms with E-state index in [-0.39, 0.29) is 6.03 Å². The molecule has 4 rings (SSSR count). The van der Waals surface area contributed by atoms with Gasteiger partial charge in [0, 0.05) is 24.9 Å². The number of benzene rings is 1. The molecule has 0 unspecified atom stereocenters. The largest absolute Gasteiger partial charge is 0.376 e. The zero-order valence-corrected chi connectivity index (χ0v) is 15.8. The Hall–Kier alpha value is -1.55. The molecule has 3 aliphatic carbocycles. The summed E-state index contributed by atoms with van der Waals surface area (Å²) in [6.07, 6.45) is 11.3. The third-order valence-electron chi connectivity index (χ3n) is 5.93. The molecule has 0 saturated heterocycles. The van der Waals surface area contributed by atoms with Gasteiger partial charge in [-0.3, -0.25) is 0 Å². The van der Waals surface area contributed by atoms with E-state index < -0.39 is 0 Å². The minimum absolute atomic E-state index is 0.0832. The van der Waals surface area contributed by atoms with Crippen molar-refractivity contribution >= 4 is 11.7 Å². The van der Waals surface area contributed by atoms with Crippen LogP contribution in [0.5, 0.6) is 0 Å². The first-order valence-corrected chi connectivity index (χ1v) is 10.5. The Morgan fingerprint density at radius 1 is 1.04 bits per heavy atom. The van der Waals surface area contributed by atoms with Gasteiger partial charge in [0.05, 0.1) is 6.61 Å². The highest BCUT2D eigenvalue weighted by atomic mass is 16.5. The van der Waals surface area contributed by atoms with Crippen LogP contribution in [0.1, 0.15) is 63.4 Å². The number of carbonyl (C=O) groups is 1. The average molecular weight is 357 g/mol. The number of nitrogens with one attached hydrogen (secondary N) is 1. The van der Waals surface area contributed by atoms with E-state index in [2.05, 4.69) is 22.3 Å². The number of anilines is 1. The molecule has 142 valence electrons. The van der Waals surface area contributed by atoms with E-state index in [1.165, 1.54) is 44.9 Å². The molecule has 3 fully saturated rings. The fourth-order valence-electron chi connectivity index (χ4n) is 3.93. The lowest BCUT2D eigenvalue weighted by Gasteiger charge is -2.34. The van der Waals surface area contributed by atoms with Crippen molar-refractivity contribution in [2.75, 3.05) is 18.5 Å². The normalized spacial score (nSPS) is 20.8. The van der Waals surface area contributed by atoms with E-state index in [0.29, 0.717) is 12.6 Å². The molecule has 3 aliphatic rings. The maximum absolute atomic E-state index is 13.0. The van der Waals surface area contributed by atoms with Crippen molar-refractivity contribution < 1.29 is 9.53 Å². The first-order chi connectivity index (χ1) is 12.8. The molecule has 26 heavy (non-hydrogen) atoms. The lowest BCUT2D eigenvalue weighted by Crippen LogP contribution is -2.45. The molecule has 3 saturated carbocycles. The van der Waals surface area contributed by atoms with Gasteiger partial charge in [-0.2, -0.15) is 0 Å². The van der Waals surface area contributed by atoms with Crippen molar-refractivity contribution in [1.82, 2.24) is 4.90 Å². The number of ether oxygens (including phenoxy) is 1. The third-order valence-corrected chi connectivity index (χ3v) is 5.93. The zero-order chi connectivity index (χ0) is 17.8. The van der Waals surface area contributed by atoms with Crippen molar-refractivity contribution in [1.29, 1.82) is 0 Å². The summed E-state index contributed by atoms with van der Waals surface area (Å²) in [5, 5.41) is 3.16. The van der Waals surface area contributed by atoms with E-state index in [1.807, 2.05) is 12.1 Å². The van der Waals surface area contributed by atoms with E-state index in [4.69, 9.17) is 4.74 Å². The number of hydrogen-bond acceptors (Lipinski definition) is 2. The van der Waals surface area contributed by atoms with Gasteiger partial charge in [-0.25, -0.2) is 4.79 Å². The summed E-state index contributed by atoms with van der Waals surface area (Å²) in [4.78, 5) is 15.1. The minimum atomic E-state index is 0.0832. The summed E-state index contributed by atoms with van der Waals surface area (Å²) in [7, 11) is 0. The van der Waals surface area contributed by atoms with Crippen LogP contribution in [0.15, 0.2) is 24.3 Å². The predicted molar refractivity (Wildman–Crippen MR) is 104 cm³/mol. The van der Waals surface area contributed by atoms with E-state index in [0.717, 1.165) is 49.1 Å². The van der Waals surface area contributed by atoms with Crippen molar-refractivity contribution in [2.45, 2.75) is 70.4 Å². The molecule has 4 nitrogen and oxygen atoms in total. The van der Waals surface area contributed by atoms with Crippen LogP contribution in [0, 0.1) is 11.8 Å². The molecule has 0 heterocycles. The summed E-state index contributed by atoms with van der Waals surface area (Å²) in [6, 6.07) is 8.64. The summed E-state index contributed by atoms with van der Waals surface area (Å²) in [6.45, 7) is 2.43. The summed E-state index contributed by atoms with van der Waals surface area (Å²) >= 11 is 0. The first-order valence-electron chi connectivity index (χ1n) is 10.5. The van der Waals surface area contributed by atoms with Crippen LogP contribution >= 0.6 is 0 Å². The van der Waals surface area contributed by atoms with Crippen LogP contribution in [0.4, 0.5) is 10.5 Å². The first kappa shape index (κ1) is 17.8. The quantitative estimate of drug-likeness (QED) is 0.696. The van der Waals surface area contributed by atoms with E-state index in [1.54, 1.807) is 0 Å². The molecule has 1 aromatic carbocycles. The Morgan fingerprint density at radius 2 is 1.81 bits per heavy atom. The van der Waals surface area contributed by atoms with Crippen LogP contribution in [-0.2, 0) is 11.3 Å². The number of urea groups is 1. The lowest BCUT2D eigenvalue weighted by atomic mass is 9.94. The van der Waals surface area contributed by atoms with Gasteiger partial charge < -0.3 is 15.0 Å². The Bertz CT molecular complexity index is 604. The number of carbonyl (C=O) groups excluding carboxylic acids is 1. The molecule has 1 aromatic rings. The molecular weight excluding hydrogens is 324 g/mol. The van der Waals surface area contributed by atoms with Crippen molar-refractivity contribution in [3.8, 4) is 0 Å². The van der Waals surface area contributed by atoms with Crippen molar-refractivity contribution in [2.24, 2.45) is 11.8 Å². The standard InChI is InChI=1S/C22H32N2O2/c25-22(24(14-17-9-10-17)21-7-2-1-3-8-21)23-20-6-4-5-19(13-20)16-26-15-18-11-12-18/h4-6,13,17-18,21H,1-3,7-12,14-16H2,(H,23,25). The highest BCUT2D eigenvalue weighted by Crippen LogP contribution is 2.33. The Labute approximate surface area is 157 Å². The summed E-state index contributed by atoms with van der Waals surface area (Å²) < 4.78 is 5.78. The second kappa shape index (κ2) is 8.43. The molecule has 0 aromatic heterocycles. The molecule has 4 heteroatoms. The third kappa shape index (κ3) is 5.23. The molecule has 2 amide bonds. The average Bonchev–Trinajstić information content (AvgIpc) is 3.56. The summed E-state index contributed by atoms with van der Waals surface area (Å²) in [5.41, 5.74) is 2.02. The van der Waals surface area contributed by atoms with Crippen LogP contribution in [-0.4, -0.2) is 30.1 Å². The predicted octanol–water partition coefficient (Wildman–Crippen LogP) is 5.19. The number of hydrogen-bond donors (Lipinski definition) is 1. The fourth-order valence-corrected chi connectivity index (χ4v) is 3.93. The highest BCUT2D eigenvalue weighted by Gasteiger charge is 2.31.